The second-order valence-corrected chi connectivity index (χ2v) is 6.77. The fourth-order valence-corrected chi connectivity index (χ4v) is 2.50. The van der Waals surface area contributed by atoms with Crippen molar-refractivity contribution in [3.05, 3.63) is 23.9 Å². The quantitative estimate of drug-likeness (QED) is 0.594. The zero-order valence-corrected chi connectivity index (χ0v) is 12.8. The molecular formula is C14H17N3O2S. The van der Waals surface area contributed by atoms with E-state index in [9.17, 15) is 4.79 Å². The summed E-state index contributed by atoms with van der Waals surface area (Å²) in [6.45, 7) is 7.44. The van der Waals surface area contributed by atoms with Gasteiger partial charge in [0.05, 0.1) is 17.1 Å². The summed E-state index contributed by atoms with van der Waals surface area (Å²) < 4.78 is 8.91. The first-order valence-corrected chi connectivity index (χ1v) is 7.42. The van der Waals surface area contributed by atoms with Gasteiger partial charge in [0.25, 0.3) is 0 Å². The van der Waals surface area contributed by atoms with Crippen LogP contribution in [0.2, 0.25) is 0 Å². The molecule has 0 radical (unpaired) electrons. The number of fused-ring (bicyclic) bond motifs is 1. The Morgan fingerprint density at radius 3 is 2.70 bits per heavy atom. The Labute approximate surface area is 122 Å². The minimum absolute atomic E-state index is 0.440. The maximum atomic E-state index is 12.2. The van der Waals surface area contributed by atoms with Crippen molar-refractivity contribution in [3.8, 4) is 0 Å². The molecule has 0 bridgehead atoms. The van der Waals surface area contributed by atoms with Gasteiger partial charge in [-0.2, -0.15) is 9.78 Å². The summed E-state index contributed by atoms with van der Waals surface area (Å²) in [5.74, 6) is 1.02. The third kappa shape index (κ3) is 2.47. The largest absolute Gasteiger partial charge is 0.442 e. The number of nitrogens with zero attached hydrogens (tertiary/aromatic N) is 3. The molecule has 6 heteroatoms. The van der Waals surface area contributed by atoms with Crippen LogP contribution in [0.15, 0.2) is 18.2 Å². The number of benzene rings is 1. The minimum Gasteiger partial charge on any atom is -0.442 e. The molecule has 5 nitrogen and oxygen atoms in total. The average molecular weight is 291 g/mol. The van der Waals surface area contributed by atoms with Crippen LogP contribution in [0.5, 0.6) is 0 Å². The van der Waals surface area contributed by atoms with E-state index in [2.05, 4.69) is 15.5 Å². The minimum atomic E-state index is -0.528. The summed E-state index contributed by atoms with van der Waals surface area (Å²) >= 11 is 1.77. The van der Waals surface area contributed by atoms with E-state index in [1.54, 1.807) is 11.9 Å². The second-order valence-electron chi connectivity index (χ2n) is 5.82. The molecular weight excluding hydrogens is 274 g/mol. The molecule has 20 heavy (non-hydrogen) atoms. The van der Waals surface area contributed by atoms with Crippen molar-refractivity contribution in [3.63, 3.8) is 0 Å². The lowest BCUT2D eigenvalue weighted by molar-refractivity contribution is 0.0522. The predicted molar refractivity (Wildman–Crippen MR) is 81.0 cm³/mol. The van der Waals surface area contributed by atoms with Crippen molar-refractivity contribution in [2.24, 2.45) is 0 Å². The summed E-state index contributed by atoms with van der Waals surface area (Å²) in [7, 11) is 0. The molecule has 0 unspecified atom stereocenters. The van der Waals surface area contributed by atoms with E-state index in [-0.39, 0.29) is 0 Å². The lowest BCUT2D eigenvalue weighted by atomic mass is 10.2. The molecule has 0 N–H and O–H groups in total. The third-order valence-corrected chi connectivity index (χ3v) is 3.69. The molecule has 0 amide bonds. The number of anilines is 1. The first kappa shape index (κ1) is 13.3. The lowest BCUT2D eigenvalue weighted by Gasteiger charge is -2.19. The van der Waals surface area contributed by atoms with Crippen molar-refractivity contribution in [2.75, 3.05) is 10.2 Å². The highest BCUT2D eigenvalue weighted by Gasteiger charge is 2.24. The molecule has 0 saturated carbocycles. The third-order valence-electron chi connectivity index (χ3n) is 2.96. The lowest BCUT2D eigenvalue weighted by Crippen LogP contribution is -2.27. The van der Waals surface area contributed by atoms with Crippen molar-refractivity contribution in [2.45, 2.75) is 33.3 Å². The summed E-state index contributed by atoms with van der Waals surface area (Å²) in [5, 5.41) is 5.30. The van der Waals surface area contributed by atoms with Crippen LogP contribution in [0.3, 0.4) is 0 Å². The smallest absolute Gasteiger partial charge is 0.435 e. The fraction of sp³-hybridized carbons (Fsp3) is 0.429. The van der Waals surface area contributed by atoms with Crippen LogP contribution < -0.4 is 4.31 Å². The molecule has 106 valence electrons. The highest BCUT2D eigenvalue weighted by Crippen LogP contribution is 2.37. The molecule has 1 aliphatic rings. The van der Waals surface area contributed by atoms with Crippen molar-refractivity contribution in [1.29, 1.82) is 0 Å². The predicted octanol–water partition coefficient (Wildman–Crippen LogP) is 3.55. The molecule has 2 aromatic rings. The SMILES string of the molecule is Cc1nn(C(=O)OC(C)(C)C)c2ccc(N3CS3)cc12. The Balaban J connectivity index is 2.02. The topological polar surface area (TPSA) is 47.1 Å². The van der Waals surface area contributed by atoms with Crippen LogP contribution in [-0.2, 0) is 4.74 Å². The van der Waals surface area contributed by atoms with Crippen LogP contribution in [0.4, 0.5) is 10.5 Å². The number of hydrogen-bond donors (Lipinski definition) is 0. The highest BCUT2D eigenvalue weighted by atomic mass is 32.2. The zero-order chi connectivity index (χ0) is 14.5. The molecule has 0 atom stereocenters. The van der Waals surface area contributed by atoms with E-state index in [1.165, 1.54) is 4.68 Å². The van der Waals surface area contributed by atoms with Crippen LogP contribution >= 0.6 is 11.9 Å². The summed E-state index contributed by atoms with van der Waals surface area (Å²) in [4.78, 5) is 12.2. The van der Waals surface area contributed by atoms with Gasteiger partial charge < -0.3 is 9.04 Å². The Hall–Kier alpha value is -1.69. The van der Waals surface area contributed by atoms with Gasteiger partial charge in [-0.1, -0.05) is 0 Å². The summed E-state index contributed by atoms with van der Waals surface area (Å²) in [6, 6.07) is 6.00. The van der Waals surface area contributed by atoms with Crippen molar-refractivity contribution >= 4 is 34.6 Å². The molecule has 3 rings (SSSR count). The van der Waals surface area contributed by atoms with E-state index < -0.39 is 11.7 Å². The van der Waals surface area contributed by atoms with Crippen molar-refractivity contribution in [1.82, 2.24) is 9.78 Å². The van der Waals surface area contributed by atoms with Crippen LogP contribution in [0, 0.1) is 6.92 Å². The fourth-order valence-electron chi connectivity index (χ4n) is 2.03. The summed E-state index contributed by atoms with van der Waals surface area (Å²) in [6.07, 6.45) is -0.440. The van der Waals surface area contributed by atoms with Crippen LogP contribution in [-0.4, -0.2) is 27.4 Å². The number of aryl methyl sites for hydroxylation is 1. The Morgan fingerprint density at radius 1 is 1.40 bits per heavy atom. The molecule has 1 aromatic carbocycles. The standard InChI is InChI=1S/C14H17N3O2S/c1-9-11-7-10(16-8-20-16)5-6-12(11)17(15-9)13(18)19-14(2,3)4/h5-7H,8H2,1-4H3. The Morgan fingerprint density at radius 2 is 2.10 bits per heavy atom. The first-order chi connectivity index (χ1) is 9.35. The number of hydrogen-bond acceptors (Lipinski definition) is 5. The number of ether oxygens (including phenoxy) is 1. The van der Waals surface area contributed by atoms with E-state index >= 15 is 0 Å². The van der Waals surface area contributed by atoms with E-state index in [0.717, 1.165) is 28.2 Å². The van der Waals surface area contributed by atoms with Gasteiger partial charge in [0, 0.05) is 11.1 Å². The molecule has 2 heterocycles. The van der Waals surface area contributed by atoms with Crippen LogP contribution in [0.1, 0.15) is 26.5 Å². The van der Waals surface area contributed by atoms with E-state index in [1.807, 2.05) is 39.8 Å². The van der Waals surface area contributed by atoms with Crippen molar-refractivity contribution < 1.29 is 9.53 Å². The normalized spacial score (nSPS) is 14.7. The number of aromatic nitrogens is 2. The molecule has 0 spiro atoms. The monoisotopic (exact) mass is 291 g/mol. The zero-order valence-electron chi connectivity index (χ0n) is 12.0. The molecule has 1 aromatic heterocycles. The molecule has 1 saturated heterocycles. The molecule has 1 aliphatic heterocycles. The van der Waals surface area contributed by atoms with E-state index in [0.29, 0.717) is 0 Å². The van der Waals surface area contributed by atoms with Gasteiger partial charge in [0.15, 0.2) is 0 Å². The number of carbonyl (C=O) groups is 1. The molecule has 0 aliphatic carbocycles. The second kappa shape index (κ2) is 4.41. The molecule has 1 fully saturated rings. The van der Waals surface area contributed by atoms with Gasteiger partial charge in [-0.05, 0) is 57.8 Å². The van der Waals surface area contributed by atoms with Gasteiger partial charge >= 0.3 is 6.09 Å². The van der Waals surface area contributed by atoms with Gasteiger partial charge in [-0.3, -0.25) is 0 Å². The maximum absolute atomic E-state index is 12.2. The number of carbonyl (C=O) groups excluding carboxylic acids is 1. The Kier molecular flexibility index (Phi) is 2.93. The maximum Gasteiger partial charge on any atom is 0.435 e. The van der Waals surface area contributed by atoms with Gasteiger partial charge in [-0.25, -0.2) is 4.79 Å². The average Bonchev–Trinajstić information content (AvgIpc) is 3.13. The Bertz CT molecular complexity index is 684. The van der Waals surface area contributed by atoms with E-state index in [4.69, 9.17) is 4.74 Å². The summed E-state index contributed by atoms with van der Waals surface area (Å²) in [5.41, 5.74) is 2.24. The highest BCUT2D eigenvalue weighted by molar-refractivity contribution is 8.07. The van der Waals surface area contributed by atoms with Gasteiger partial charge in [0.1, 0.15) is 5.60 Å². The van der Waals surface area contributed by atoms with Gasteiger partial charge in [0.2, 0.25) is 0 Å². The van der Waals surface area contributed by atoms with Gasteiger partial charge in [-0.15, -0.1) is 0 Å². The van der Waals surface area contributed by atoms with Crippen LogP contribution in [0.25, 0.3) is 10.9 Å². The first-order valence-electron chi connectivity index (χ1n) is 6.48. The number of rotatable bonds is 1.